The first kappa shape index (κ1) is 14.2. The van der Waals surface area contributed by atoms with Gasteiger partial charge in [-0.3, -0.25) is 0 Å². The maximum absolute atomic E-state index is 13.7. The van der Waals surface area contributed by atoms with Gasteiger partial charge >= 0.3 is 0 Å². The van der Waals surface area contributed by atoms with Crippen LogP contribution in [0.25, 0.3) is 10.9 Å². The summed E-state index contributed by atoms with van der Waals surface area (Å²) < 4.78 is 26.7. The summed E-state index contributed by atoms with van der Waals surface area (Å²) in [5.74, 6) is -1.42. The number of nitrogens with one attached hydrogen (secondary N) is 2. The van der Waals surface area contributed by atoms with Gasteiger partial charge in [0.15, 0.2) is 5.82 Å². The van der Waals surface area contributed by atoms with E-state index in [0.717, 1.165) is 28.6 Å². The zero-order valence-corrected chi connectivity index (χ0v) is 12.2. The first-order valence-corrected chi connectivity index (χ1v) is 6.94. The third-order valence-electron chi connectivity index (χ3n) is 3.19. The highest BCUT2D eigenvalue weighted by molar-refractivity contribution is 6.33. The molecule has 6 heteroatoms. The number of benzene rings is 2. The number of fused-ring (bicyclic) bond motifs is 1. The van der Waals surface area contributed by atoms with E-state index in [1.54, 1.807) is 6.07 Å². The van der Waals surface area contributed by atoms with Crippen molar-refractivity contribution in [1.82, 2.24) is 4.98 Å². The van der Waals surface area contributed by atoms with E-state index in [1.165, 1.54) is 0 Å². The summed E-state index contributed by atoms with van der Waals surface area (Å²) in [5.41, 5.74) is 1.91. The number of halogens is 4. The van der Waals surface area contributed by atoms with Crippen LogP contribution in [-0.4, -0.2) is 4.98 Å². The van der Waals surface area contributed by atoms with Crippen molar-refractivity contribution in [3.8, 4) is 0 Å². The van der Waals surface area contributed by atoms with Gasteiger partial charge in [-0.2, -0.15) is 0 Å². The van der Waals surface area contributed by atoms with Crippen LogP contribution in [0.1, 0.15) is 5.56 Å². The van der Waals surface area contributed by atoms with Crippen molar-refractivity contribution < 1.29 is 8.78 Å². The Morgan fingerprint density at radius 2 is 1.90 bits per heavy atom. The van der Waals surface area contributed by atoms with Crippen LogP contribution in [0.2, 0.25) is 10.0 Å². The van der Waals surface area contributed by atoms with E-state index in [-0.39, 0.29) is 10.7 Å². The fraction of sp³-hybridized carbons (Fsp3) is 0.0667. The Kier molecular flexibility index (Phi) is 3.74. The van der Waals surface area contributed by atoms with Gasteiger partial charge in [0, 0.05) is 34.7 Å². The average molecular weight is 327 g/mol. The molecule has 0 saturated heterocycles. The highest BCUT2D eigenvalue weighted by Gasteiger charge is 2.11. The van der Waals surface area contributed by atoms with Crippen molar-refractivity contribution >= 4 is 39.8 Å². The molecule has 0 saturated carbocycles. The number of aromatic nitrogens is 1. The summed E-state index contributed by atoms with van der Waals surface area (Å²) in [6, 6.07) is 7.34. The average Bonchev–Trinajstić information content (AvgIpc) is 2.79. The predicted molar refractivity (Wildman–Crippen MR) is 82.0 cm³/mol. The fourth-order valence-electron chi connectivity index (χ4n) is 2.20. The van der Waals surface area contributed by atoms with Gasteiger partial charge in [0.1, 0.15) is 5.82 Å². The monoisotopic (exact) mass is 326 g/mol. The summed E-state index contributed by atoms with van der Waals surface area (Å²) in [4.78, 5) is 3.09. The highest BCUT2D eigenvalue weighted by Crippen LogP contribution is 2.28. The molecule has 1 aromatic heterocycles. The number of hydrogen-bond donors (Lipinski definition) is 2. The number of H-pyrrole nitrogens is 1. The van der Waals surface area contributed by atoms with E-state index >= 15 is 0 Å². The standard InChI is InChI=1S/C15H10Cl2F2N2/c16-9-1-2-11-8(6-20-14(11)3-9)7-21-15-12(17)4-10(18)5-13(15)19/h1-6,20-21H,7H2. The fourth-order valence-corrected chi connectivity index (χ4v) is 2.63. The number of aromatic amines is 1. The molecule has 0 spiro atoms. The predicted octanol–water partition coefficient (Wildman–Crippen LogP) is 5.37. The summed E-state index contributed by atoms with van der Waals surface area (Å²) >= 11 is 11.8. The van der Waals surface area contributed by atoms with Crippen LogP contribution >= 0.6 is 23.2 Å². The van der Waals surface area contributed by atoms with Gasteiger partial charge < -0.3 is 10.3 Å². The van der Waals surface area contributed by atoms with E-state index in [4.69, 9.17) is 23.2 Å². The normalized spacial score (nSPS) is 11.0. The second kappa shape index (κ2) is 5.54. The van der Waals surface area contributed by atoms with E-state index in [0.29, 0.717) is 11.6 Å². The Morgan fingerprint density at radius 3 is 2.67 bits per heavy atom. The Morgan fingerprint density at radius 1 is 1.10 bits per heavy atom. The summed E-state index contributed by atoms with van der Waals surface area (Å²) in [6.07, 6.45) is 1.81. The summed E-state index contributed by atoms with van der Waals surface area (Å²) in [7, 11) is 0. The van der Waals surface area contributed by atoms with Crippen LogP contribution in [0.3, 0.4) is 0 Å². The third-order valence-corrected chi connectivity index (χ3v) is 3.73. The third kappa shape index (κ3) is 2.82. The Hall–Kier alpha value is -1.78. The lowest BCUT2D eigenvalue weighted by Gasteiger charge is -2.09. The first-order chi connectivity index (χ1) is 10.0. The molecule has 0 aliphatic rings. The zero-order valence-electron chi connectivity index (χ0n) is 10.7. The molecule has 108 valence electrons. The molecule has 3 aromatic rings. The molecule has 0 radical (unpaired) electrons. The van der Waals surface area contributed by atoms with Crippen molar-refractivity contribution in [3.05, 3.63) is 63.8 Å². The largest absolute Gasteiger partial charge is 0.377 e. The number of hydrogen-bond acceptors (Lipinski definition) is 1. The molecule has 21 heavy (non-hydrogen) atoms. The van der Waals surface area contributed by atoms with E-state index < -0.39 is 11.6 Å². The Labute approximate surface area is 129 Å². The lowest BCUT2D eigenvalue weighted by atomic mass is 10.1. The van der Waals surface area contributed by atoms with Crippen LogP contribution < -0.4 is 5.32 Å². The van der Waals surface area contributed by atoms with Crippen molar-refractivity contribution in [2.24, 2.45) is 0 Å². The van der Waals surface area contributed by atoms with Crippen molar-refractivity contribution in [1.29, 1.82) is 0 Å². The van der Waals surface area contributed by atoms with Crippen LogP contribution in [0, 0.1) is 11.6 Å². The SMILES string of the molecule is Fc1cc(F)c(NCc2c[nH]c3cc(Cl)ccc23)c(Cl)c1. The molecule has 0 aliphatic heterocycles. The lowest BCUT2D eigenvalue weighted by Crippen LogP contribution is -2.02. The molecular formula is C15H10Cl2F2N2. The van der Waals surface area contributed by atoms with Gasteiger partial charge in [-0.1, -0.05) is 29.3 Å². The molecule has 0 atom stereocenters. The lowest BCUT2D eigenvalue weighted by molar-refractivity contribution is 0.585. The first-order valence-electron chi connectivity index (χ1n) is 6.18. The van der Waals surface area contributed by atoms with Crippen LogP contribution in [0.4, 0.5) is 14.5 Å². The molecule has 0 amide bonds. The van der Waals surface area contributed by atoms with Gasteiger partial charge in [-0.25, -0.2) is 8.78 Å². The van der Waals surface area contributed by atoms with Crippen molar-refractivity contribution in [2.45, 2.75) is 6.54 Å². The Bertz CT molecular complexity index is 792. The zero-order chi connectivity index (χ0) is 15.0. The Balaban J connectivity index is 1.87. The quantitative estimate of drug-likeness (QED) is 0.665. The number of anilines is 1. The molecule has 1 heterocycles. The van der Waals surface area contributed by atoms with E-state index in [1.807, 2.05) is 18.3 Å². The molecule has 3 rings (SSSR count). The maximum Gasteiger partial charge on any atom is 0.150 e. The van der Waals surface area contributed by atoms with Crippen LogP contribution in [-0.2, 0) is 6.54 Å². The molecule has 0 unspecified atom stereocenters. The molecule has 2 nitrogen and oxygen atoms in total. The summed E-state index contributed by atoms with van der Waals surface area (Å²) in [6.45, 7) is 0.351. The summed E-state index contributed by atoms with van der Waals surface area (Å²) in [5, 5.41) is 4.51. The topological polar surface area (TPSA) is 27.8 Å². The second-order valence-electron chi connectivity index (χ2n) is 4.60. The highest BCUT2D eigenvalue weighted by atomic mass is 35.5. The van der Waals surface area contributed by atoms with E-state index in [9.17, 15) is 8.78 Å². The smallest absolute Gasteiger partial charge is 0.150 e. The number of rotatable bonds is 3. The van der Waals surface area contributed by atoms with Gasteiger partial charge in [-0.05, 0) is 23.8 Å². The van der Waals surface area contributed by atoms with E-state index in [2.05, 4.69) is 10.3 Å². The molecule has 0 fully saturated rings. The van der Waals surface area contributed by atoms with Gasteiger partial charge in [0.05, 0.1) is 10.7 Å². The van der Waals surface area contributed by atoms with Crippen molar-refractivity contribution in [3.63, 3.8) is 0 Å². The second-order valence-corrected chi connectivity index (χ2v) is 5.45. The van der Waals surface area contributed by atoms with Crippen LogP contribution in [0.5, 0.6) is 0 Å². The minimum Gasteiger partial charge on any atom is -0.377 e. The van der Waals surface area contributed by atoms with Gasteiger partial charge in [-0.15, -0.1) is 0 Å². The minimum atomic E-state index is -0.720. The van der Waals surface area contributed by atoms with Gasteiger partial charge in [0.25, 0.3) is 0 Å². The maximum atomic E-state index is 13.7. The molecule has 0 aliphatic carbocycles. The van der Waals surface area contributed by atoms with Crippen LogP contribution in [0.15, 0.2) is 36.5 Å². The van der Waals surface area contributed by atoms with Crippen molar-refractivity contribution in [2.75, 3.05) is 5.32 Å². The minimum absolute atomic E-state index is 0.00962. The molecule has 0 bridgehead atoms. The van der Waals surface area contributed by atoms with Gasteiger partial charge in [0.2, 0.25) is 0 Å². The molecular weight excluding hydrogens is 317 g/mol. The molecule has 2 N–H and O–H groups in total. The molecule has 2 aromatic carbocycles.